The van der Waals surface area contributed by atoms with Crippen LogP contribution in [-0.2, 0) is 9.09 Å². The fourth-order valence-electron chi connectivity index (χ4n) is 2.11. The molecule has 0 saturated heterocycles. The van der Waals surface area contributed by atoms with Crippen LogP contribution in [0.4, 0.5) is 0 Å². The minimum absolute atomic E-state index is 0.176. The summed E-state index contributed by atoms with van der Waals surface area (Å²) in [6, 6.07) is 0. The molecule has 70 valence electrons. The Morgan fingerprint density at radius 2 is 2.25 bits per heavy atom. The first-order chi connectivity index (χ1) is 5.56. The molecule has 0 aromatic heterocycles. The van der Waals surface area contributed by atoms with Crippen LogP contribution in [0.5, 0.6) is 0 Å². The lowest BCUT2D eigenvalue weighted by Crippen LogP contribution is -2.13. The molecule has 0 aromatic rings. The quantitative estimate of drug-likeness (QED) is 0.635. The standard InChI is InChI=1S/C9H17O2P/c1-7-4-8(6-11-12-10)5-9(7,2)3/h7-8H,4-6H2,1-3H3. The van der Waals surface area contributed by atoms with Gasteiger partial charge in [-0.1, -0.05) is 20.8 Å². The fraction of sp³-hybridized carbons (Fsp3) is 1.00. The SMILES string of the molecule is CC1CC(COP=O)CC1(C)C. The van der Waals surface area contributed by atoms with Crippen LogP contribution < -0.4 is 0 Å². The molecule has 3 heteroatoms. The lowest BCUT2D eigenvalue weighted by atomic mass is 9.83. The van der Waals surface area contributed by atoms with Crippen molar-refractivity contribution >= 4 is 8.69 Å². The maximum Gasteiger partial charge on any atom is 0.327 e. The highest BCUT2D eigenvalue weighted by molar-refractivity contribution is 7.17. The van der Waals surface area contributed by atoms with Gasteiger partial charge in [-0.15, -0.1) is 0 Å². The van der Waals surface area contributed by atoms with Gasteiger partial charge in [0.2, 0.25) is 0 Å². The molecular weight excluding hydrogens is 171 g/mol. The number of hydrogen-bond acceptors (Lipinski definition) is 2. The maximum absolute atomic E-state index is 10.1. The molecular formula is C9H17O2P. The van der Waals surface area contributed by atoms with E-state index in [-0.39, 0.29) is 8.69 Å². The Hall–Kier alpha value is 0.0600. The van der Waals surface area contributed by atoms with E-state index in [0.717, 1.165) is 5.92 Å². The van der Waals surface area contributed by atoms with Gasteiger partial charge in [0.15, 0.2) is 0 Å². The molecule has 1 rings (SSSR count). The minimum atomic E-state index is -0.176. The molecule has 0 spiro atoms. The van der Waals surface area contributed by atoms with Crippen LogP contribution in [0.1, 0.15) is 33.6 Å². The first-order valence-corrected chi connectivity index (χ1v) is 5.24. The molecule has 0 bridgehead atoms. The van der Waals surface area contributed by atoms with Crippen molar-refractivity contribution < 1.29 is 9.09 Å². The van der Waals surface area contributed by atoms with Crippen molar-refractivity contribution in [1.82, 2.24) is 0 Å². The summed E-state index contributed by atoms with van der Waals surface area (Å²) in [4.78, 5) is 0. The predicted octanol–water partition coefficient (Wildman–Crippen LogP) is 3.28. The summed E-state index contributed by atoms with van der Waals surface area (Å²) in [6.07, 6.45) is 2.41. The lowest BCUT2D eigenvalue weighted by Gasteiger charge is -2.22. The summed E-state index contributed by atoms with van der Waals surface area (Å²) in [6.45, 7) is 7.53. The summed E-state index contributed by atoms with van der Waals surface area (Å²) in [5.41, 5.74) is 0.438. The van der Waals surface area contributed by atoms with E-state index < -0.39 is 0 Å². The first kappa shape index (κ1) is 10.1. The van der Waals surface area contributed by atoms with Crippen LogP contribution in [-0.4, -0.2) is 6.61 Å². The molecule has 2 nitrogen and oxygen atoms in total. The van der Waals surface area contributed by atoms with E-state index in [9.17, 15) is 4.57 Å². The Morgan fingerprint density at radius 3 is 2.67 bits per heavy atom. The normalized spacial score (nSPS) is 34.2. The second-order valence-corrected chi connectivity index (χ2v) is 4.97. The maximum atomic E-state index is 10.1. The van der Waals surface area contributed by atoms with Crippen molar-refractivity contribution in [3.63, 3.8) is 0 Å². The third-order valence-corrected chi connectivity index (χ3v) is 3.45. The van der Waals surface area contributed by atoms with Gasteiger partial charge >= 0.3 is 8.69 Å². The van der Waals surface area contributed by atoms with Crippen molar-refractivity contribution in [2.45, 2.75) is 33.6 Å². The second-order valence-electron chi connectivity index (χ2n) is 4.57. The van der Waals surface area contributed by atoms with Gasteiger partial charge in [0, 0.05) is 0 Å². The molecule has 1 fully saturated rings. The highest BCUT2D eigenvalue weighted by atomic mass is 31.1. The summed E-state index contributed by atoms with van der Waals surface area (Å²) >= 11 is 0. The van der Waals surface area contributed by atoms with E-state index in [1.165, 1.54) is 12.8 Å². The summed E-state index contributed by atoms with van der Waals surface area (Å²) < 4.78 is 15.0. The van der Waals surface area contributed by atoms with Crippen LogP contribution >= 0.6 is 8.69 Å². The highest BCUT2D eigenvalue weighted by Gasteiger charge is 2.37. The molecule has 0 aromatic carbocycles. The predicted molar refractivity (Wildman–Crippen MR) is 49.2 cm³/mol. The minimum Gasteiger partial charge on any atom is -0.294 e. The third-order valence-electron chi connectivity index (χ3n) is 3.20. The molecule has 1 aliphatic rings. The fourth-order valence-corrected chi connectivity index (χ4v) is 2.38. The average molecular weight is 188 g/mol. The Kier molecular flexibility index (Phi) is 3.25. The molecule has 1 aliphatic carbocycles. The summed E-state index contributed by atoms with van der Waals surface area (Å²) in [5.74, 6) is 1.37. The van der Waals surface area contributed by atoms with Gasteiger partial charge < -0.3 is 0 Å². The van der Waals surface area contributed by atoms with Crippen LogP contribution in [0, 0.1) is 17.3 Å². The molecule has 0 N–H and O–H groups in total. The summed E-state index contributed by atoms with van der Waals surface area (Å²) in [5, 5.41) is 0. The van der Waals surface area contributed by atoms with Gasteiger partial charge in [0.05, 0.1) is 6.61 Å². The largest absolute Gasteiger partial charge is 0.327 e. The van der Waals surface area contributed by atoms with Gasteiger partial charge in [-0.05, 0) is 30.1 Å². The average Bonchev–Trinajstić information content (AvgIpc) is 2.22. The smallest absolute Gasteiger partial charge is 0.294 e. The van der Waals surface area contributed by atoms with Crippen LogP contribution in [0.25, 0.3) is 0 Å². The van der Waals surface area contributed by atoms with Gasteiger partial charge in [-0.2, -0.15) is 0 Å². The van der Waals surface area contributed by atoms with Gasteiger partial charge in [0.1, 0.15) is 0 Å². The Morgan fingerprint density at radius 1 is 1.58 bits per heavy atom. The Labute approximate surface area is 76.0 Å². The molecule has 1 saturated carbocycles. The van der Waals surface area contributed by atoms with Crippen LogP contribution in [0.2, 0.25) is 0 Å². The van der Waals surface area contributed by atoms with Crippen molar-refractivity contribution in [3.8, 4) is 0 Å². The van der Waals surface area contributed by atoms with Gasteiger partial charge in [-0.25, -0.2) is 4.57 Å². The van der Waals surface area contributed by atoms with Crippen LogP contribution in [0.15, 0.2) is 0 Å². The molecule has 12 heavy (non-hydrogen) atoms. The van der Waals surface area contributed by atoms with Crippen molar-refractivity contribution in [2.75, 3.05) is 6.61 Å². The second kappa shape index (κ2) is 3.85. The third kappa shape index (κ3) is 2.27. The van der Waals surface area contributed by atoms with Crippen molar-refractivity contribution in [1.29, 1.82) is 0 Å². The lowest BCUT2D eigenvalue weighted by molar-refractivity contribution is 0.249. The molecule has 0 amide bonds. The zero-order valence-electron chi connectivity index (χ0n) is 8.04. The van der Waals surface area contributed by atoms with Crippen LogP contribution in [0.3, 0.4) is 0 Å². The van der Waals surface area contributed by atoms with E-state index in [1.807, 2.05) is 0 Å². The van der Waals surface area contributed by atoms with Gasteiger partial charge in [-0.3, -0.25) is 4.52 Å². The zero-order valence-corrected chi connectivity index (χ0v) is 8.93. The summed E-state index contributed by atoms with van der Waals surface area (Å²) in [7, 11) is -0.176. The Bertz CT molecular complexity index is 168. The number of hydrogen-bond donors (Lipinski definition) is 0. The molecule has 2 unspecified atom stereocenters. The van der Waals surface area contributed by atoms with E-state index in [4.69, 9.17) is 4.52 Å². The first-order valence-electron chi connectivity index (χ1n) is 4.51. The van der Waals surface area contributed by atoms with E-state index >= 15 is 0 Å². The van der Waals surface area contributed by atoms with E-state index in [0.29, 0.717) is 17.9 Å². The van der Waals surface area contributed by atoms with E-state index in [1.54, 1.807) is 0 Å². The number of rotatable bonds is 3. The molecule has 0 radical (unpaired) electrons. The zero-order chi connectivity index (χ0) is 9.19. The van der Waals surface area contributed by atoms with E-state index in [2.05, 4.69) is 20.8 Å². The molecule has 0 heterocycles. The molecule has 2 atom stereocenters. The Balaban J connectivity index is 2.38. The topological polar surface area (TPSA) is 26.3 Å². The van der Waals surface area contributed by atoms with Crippen molar-refractivity contribution in [2.24, 2.45) is 17.3 Å². The van der Waals surface area contributed by atoms with Gasteiger partial charge in [0.25, 0.3) is 0 Å². The molecule has 0 aliphatic heterocycles. The monoisotopic (exact) mass is 188 g/mol. The highest BCUT2D eigenvalue weighted by Crippen LogP contribution is 2.45. The van der Waals surface area contributed by atoms with Crippen molar-refractivity contribution in [3.05, 3.63) is 0 Å².